The molecule has 0 aliphatic rings. The van der Waals surface area contributed by atoms with Crippen LogP contribution in [0.25, 0.3) is 10.2 Å². The fourth-order valence-electron chi connectivity index (χ4n) is 2.72. The molecule has 6 nitrogen and oxygen atoms in total. The fourth-order valence-corrected chi connectivity index (χ4v) is 3.68. The number of carbonyl (C=O) groups is 1. The van der Waals surface area contributed by atoms with E-state index in [1.807, 2.05) is 25.1 Å². The highest BCUT2D eigenvalue weighted by Gasteiger charge is 2.22. The zero-order valence-electron chi connectivity index (χ0n) is 15.5. The molecule has 0 bridgehead atoms. The molecule has 0 aliphatic heterocycles. The van der Waals surface area contributed by atoms with Gasteiger partial charge in [0.2, 0.25) is 0 Å². The van der Waals surface area contributed by atoms with Crippen molar-refractivity contribution in [2.45, 2.75) is 20.5 Å². The summed E-state index contributed by atoms with van der Waals surface area (Å²) in [4.78, 5) is 17.0. The van der Waals surface area contributed by atoms with E-state index < -0.39 is 17.5 Å². The van der Waals surface area contributed by atoms with Gasteiger partial charge in [-0.3, -0.25) is 10.1 Å². The van der Waals surface area contributed by atoms with Crippen LogP contribution in [0.4, 0.5) is 13.9 Å². The number of aryl methyl sites for hydroxylation is 2. The molecule has 1 N–H and O–H groups in total. The highest BCUT2D eigenvalue weighted by molar-refractivity contribution is 7.22. The van der Waals surface area contributed by atoms with Crippen LogP contribution in [-0.2, 0) is 6.61 Å². The lowest BCUT2D eigenvalue weighted by Crippen LogP contribution is -2.15. The summed E-state index contributed by atoms with van der Waals surface area (Å²) in [6, 6.07) is 8.79. The number of fused-ring (bicyclic) bond motifs is 1. The van der Waals surface area contributed by atoms with Gasteiger partial charge in [-0.2, -0.15) is 0 Å². The Morgan fingerprint density at radius 1 is 1.21 bits per heavy atom. The number of halogens is 2. The van der Waals surface area contributed by atoms with E-state index in [0.29, 0.717) is 16.5 Å². The van der Waals surface area contributed by atoms with Gasteiger partial charge in [0, 0.05) is 6.07 Å². The number of nitrogens with one attached hydrogen (secondary N) is 1. The van der Waals surface area contributed by atoms with E-state index in [1.54, 1.807) is 6.92 Å². The molecule has 0 atom stereocenters. The predicted molar refractivity (Wildman–Crippen MR) is 104 cm³/mol. The van der Waals surface area contributed by atoms with Crippen LogP contribution in [0, 0.1) is 25.5 Å². The Balaban J connectivity index is 1.53. The topological polar surface area (TPSA) is 77.3 Å². The van der Waals surface area contributed by atoms with Crippen LogP contribution in [0.15, 0.2) is 40.9 Å². The number of nitrogens with zero attached hydrogens (tertiary/aromatic N) is 2. The molecule has 0 saturated carbocycles. The summed E-state index contributed by atoms with van der Waals surface area (Å²) in [5, 5.41) is 6.91. The Labute approximate surface area is 168 Å². The molecule has 9 heteroatoms. The Morgan fingerprint density at radius 2 is 2.03 bits per heavy atom. The second-order valence-corrected chi connectivity index (χ2v) is 7.40. The van der Waals surface area contributed by atoms with E-state index in [1.165, 1.54) is 17.4 Å². The lowest BCUT2D eigenvalue weighted by molar-refractivity contribution is 0.101. The third-order valence-corrected chi connectivity index (χ3v) is 5.16. The Bertz CT molecular complexity index is 1220. The van der Waals surface area contributed by atoms with Crippen molar-refractivity contribution in [1.29, 1.82) is 0 Å². The van der Waals surface area contributed by atoms with Crippen molar-refractivity contribution < 1.29 is 22.8 Å². The Morgan fingerprint density at radius 3 is 2.83 bits per heavy atom. The Hall–Kier alpha value is -3.33. The molecule has 2 aromatic heterocycles. The second-order valence-electron chi connectivity index (χ2n) is 6.37. The van der Waals surface area contributed by atoms with Crippen molar-refractivity contribution in [3.05, 3.63) is 70.6 Å². The number of aromatic nitrogens is 2. The first-order valence-corrected chi connectivity index (χ1v) is 9.44. The molecular formula is C20H15F2N3O3S. The molecule has 0 saturated heterocycles. The van der Waals surface area contributed by atoms with E-state index in [-0.39, 0.29) is 18.1 Å². The second kappa shape index (κ2) is 7.59. The largest absolute Gasteiger partial charge is 0.486 e. The normalized spacial score (nSPS) is 11.0. The lowest BCUT2D eigenvalue weighted by atomic mass is 10.2. The summed E-state index contributed by atoms with van der Waals surface area (Å²) < 4.78 is 38.2. The first kappa shape index (κ1) is 19.0. The summed E-state index contributed by atoms with van der Waals surface area (Å²) >= 11 is 1.34. The number of anilines is 1. The average Bonchev–Trinajstić information content (AvgIpc) is 3.23. The standard InChI is InChI=1S/C20H15F2N3O3S/c1-10-3-5-15-17(7-10)29-20(23-15)24-19(26)18-13(11(2)28-25-18)9-27-16-6-4-12(21)8-14(16)22/h3-8H,9H2,1-2H3,(H,23,24,26). The molecule has 29 heavy (non-hydrogen) atoms. The number of amides is 1. The van der Waals surface area contributed by atoms with Gasteiger partial charge < -0.3 is 9.26 Å². The lowest BCUT2D eigenvalue weighted by Gasteiger charge is -2.07. The highest BCUT2D eigenvalue weighted by atomic mass is 32.1. The molecule has 0 spiro atoms. The first-order chi connectivity index (χ1) is 13.9. The minimum Gasteiger partial charge on any atom is -0.486 e. The van der Waals surface area contributed by atoms with E-state index in [9.17, 15) is 13.6 Å². The van der Waals surface area contributed by atoms with Crippen LogP contribution in [-0.4, -0.2) is 16.0 Å². The number of benzene rings is 2. The summed E-state index contributed by atoms with van der Waals surface area (Å²) in [6.45, 7) is 3.43. The molecule has 4 rings (SSSR count). The molecule has 148 valence electrons. The van der Waals surface area contributed by atoms with Crippen molar-refractivity contribution in [2.75, 3.05) is 5.32 Å². The predicted octanol–water partition coefficient (Wildman–Crippen LogP) is 5.01. The van der Waals surface area contributed by atoms with E-state index in [0.717, 1.165) is 27.9 Å². The maximum Gasteiger partial charge on any atom is 0.280 e. The SMILES string of the molecule is Cc1ccc2nc(NC(=O)c3noc(C)c3COc3ccc(F)cc3F)sc2c1. The summed E-state index contributed by atoms with van der Waals surface area (Å²) in [6.07, 6.45) is 0. The minimum atomic E-state index is -0.838. The van der Waals surface area contributed by atoms with Gasteiger partial charge in [0.1, 0.15) is 18.2 Å². The van der Waals surface area contributed by atoms with Crippen molar-refractivity contribution >= 4 is 32.6 Å². The van der Waals surface area contributed by atoms with E-state index in [4.69, 9.17) is 9.26 Å². The summed E-state index contributed by atoms with van der Waals surface area (Å²) in [5.74, 6) is -1.84. The Kier molecular flexibility index (Phi) is 4.98. The zero-order valence-corrected chi connectivity index (χ0v) is 16.3. The van der Waals surface area contributed by atoms with Crippen LogP contribution < -0.4 is 10.1 Å². The fraction of sp³-hybridized carbons (Fsp3) is 0.150. The number of ether oxygens (including phenoxy) is 1. The number of thiazole rings is 1. The van der Waals surface area contributed by atoms with E-state index >= 15 is 0 Å². The van der Waals surface area contributed by atoms with Crippen LogP contribution >= 0.6 is 11.3 Å². The molecule has 0 fully saturated rings. The molecule has 2 aromatic carbocycles. The average molecular weight is 415 g/mol. The molecular weight excluding hydrogens is 400 g/mol. The molecule has 2 heterocycles. The van der Waals surface area contributed by atoms with Crippen LogP contribution in [0.1, 0.15) is 27.4 Å². The monoisotopic (exact) mass is 415 g/mol. The molecule has 0 radical (unpaired) electrons. The van der Waals surface area contributed by atoms with Crippen LogP contribution in [0.3, 0.4) is 0 Å². The third-order valence-electron chi connectivity index (χ3n) is 4.23. The molecule has 0 aliphatic carbocycles. The third kappa shape index (κ3) is 3.95. The van der Waals surface area contributed by atoms with Crippen LogP contribution in [0.5, 0.6) is 5.75 Å². The smallest absolute Gasteiger partial charge is 0.280 e. The van der Waals surface area contributed by atoms with Crippen molar-refractivity contribution in [3.63, 3.8) is 0 Å². The minimum absolute atomic E-state index is 0.0143. The number of hydrogen-bond acceptors (Lipinski definition) is 6. The summed E-state index contributed by atoms with van der Waals surface area (Å²) in [5.41, 5.74) is 2.25. The van der Waals surface area contributed by atoms with E-state index in [2.05, 4.69) is 15.5 Å². The molecule has 4 aromatic rings. The number of carbonyl (C=O) groups excluding carboxylic acids is 1. The summed E-state index contributed by atoms with van der Waals surface area (Å²) in [7, 11) is 0. The van der Waals surface area contributed by atoms with Crippen molar-refractivity contribution in [1.82, 2.24) is 10.1 Å². The van der Waals surface area contributed by atoms with Gasteiger partial charge in [-0.1, -0.05) is 22.6 Å². The van der Waals surface area contributed by atoms with Gasteiger partial charge in [0.15, 0.2) is 22.4 Å². The van der Waals surface area contributed by atoms with Gasteiger partial charge in [0.05, 0.1) is 15.8 Å². The maximum absolute atomic E-state index is 13.8. The van der Waals surface area contributed by atoms with Gasteiger partial charge in [-0.05, 0) is 43.7 Å². The number of rotatable bonds is 5. The van der Waals surface area contributed by atoms with Crippen molar-refractivity contribution in [3.8, 4) is 5.75 Å². The van der Waals surface area contributed by atoms with Crippen molar-refractivity contribution in [2.24, 2.45) is 0 Å². The maximum atomic E-state index is 13.8. The first-order valence-electron chi connectivity index (χ1n) is 8.62. The quantitative estimate of drug-likeness (QED) is 0.496. The zero-order chi connectivity index (χ0) is 20.5. The number of hydrogen-bond donors (Lipinski definition) is 1. The van der Waals surface area contributed by atoms with Gasteiger partial charge in [-0.25, -0.2) is 13.8 Å². The molecule has 0 unspecified atom stereocenters. The molecule has 1 amide bonds. The van der Waals surface area contributed by atoms with Gasteiger partial charge in [-0.15, -0.1) is 0 Å². The highest BCUT2D eigenvalue weighted by Crippen LogP contribution is 2.28. The van der Waals surface area contributed by atoms with Gasteiger partial charge >= 0.3 is 0 Å². The van der Waals surface area contributed by atoms with Crippen LogP contribution in [0.2, 0.25) is 0 Å². The van der Waals surface area contributed by atoms with Gasteiger partial charge in [0.25, 0.3) is 5.91 Å².